The summed E-state index contributed by atoms with van der Waals surface area (Å²) < 4.78 is 0. The van der Waals surface area contributed by atoms with E-state index in [1.54, 1.807) is 18.5 Å². The maximum atomic E-state index is 12.7. The van der Waals surface area contributed by atoms with Gasteiger partial charge in [0.2, 0.25) is 5.91 Å². The monoisotopic (exact) mass is 423 g/mol. The van der Waals surface area contributed by atoms with Crippen LogP contribution in [-0.4, -0.2) is 82.1 Å². The van der Waals surface area contributed by atoms with Crippen molar-refractivity contribution in [1.29, 1.82) is 0 Å². The Hall–Kier alpha value is -2.84. The van der Waals surface area contributed by atoms with Gasteiger partial charge in [-0.25, -0.2) is 9.97 Å². The molecule has 0 bridgehead atoms. The number of nitrogens with zero attached hydrogens (tertiary/aromatic N) is 4. The van der Waals surface area contributed by atoms with Crippen LogP contribution in [0, 0.1) is 0 Å². The molecule has 164 valence electrons. The first-order valence-electron chi connectivity index (χ1n) is 10.8. The summed E-state index contributed by atoms with van der Waals surface area (Å²) in [5.74, 6) is 0.837. The summed E-state index contributed by atoms with van der Waals surface area (Å²) in [6.07, 6.45) is 5.69. The fraction of sp³-hybridized carbons (Fsp3) is 0.478. The number of piperidine rings is 1. The van der Waals surface area contributed by atoms with Crippen LogP contribution in [0.5, 0.6) is 0 Å². The topological polar surface area (TPSA) is 98.7 Å². The lowest BCUT2D eigenvalue weighted by atomic mass is 9.89. The van der Waals surface area contributed by atoms with Gasteiger partial charge < -0.3 is 15.3 Å². The molecule has 8 heteroatoms. The molecule has 0 aliphatic carbocycles. The van der Waals surface area contributed by atoms with Crippen molar-refractivity contribution < 1.29 is 14.7 Å². The number of likely N-dealkylation sites (N-methyl/N-ethyl adjacent to an activating group) is 1. The highest BCUT2D eigenvalue weighted by Crippen LogP contribution is 2.30. The minimum atomic E-state index is -1.39. The largest absolute Gasteiger partial charge is 0.379 e. The lowest BCUT2D eigenvalue weighted by Crippen LogP contribution is -2.49. The van der Waals surface area contributed by atoms with Crippen molar-refractivity contribution in [2.75, 3.05) is 39.8 Å². The van der Waals surface area contributed by atoms with Crippen LogP contribution in [0.25, 0.3) is 11.4 Å². The maximum Gasteiger partial charge on any atom is 0.253 e. The highest BCUT2D eigenvalue weighted by molar-refractivity contribution is 5.85. The Kier molecular flexibility index (Phi) is 6.29. The average Bonchev–Trinajstić information content (AvgIpc) is 3.21. The van der Waals surface area contributed by atoms with E-state index in [0.717, 1.165) is 37.3 Å². The molecular weight excluding hydrogens is 394 g/mol. The first-order chi connectivity index (χ1) is 15.0. The Bertz CT molecular complexity index is 913. The summed E-state index contributed by atoms with van der Waals surface area (Å²) in [5, 5.41) is 12.9. The molecule has 3 heterocycles. The highest BCUT2D eigenvalue weighted by Gasteiger charge is 2.43. The summed E-state index contributed by atoms with van der Waals surface area (Å²) >= 11 is 0. The minimum Gasteiger partial charge on any atom is -0.379 e. The van der Waals surface area contributed by atoms with Crippen molar-refractivity contribution in [3.8, 4) is 11.4 Å². The van der Waals surface area contributed by atoms with Gasteiger partial charge in [0.15, 0.2) is 11.4 Å². The summed E-state index contributed by atoms with van der Waals surface area (Å²) in [4.78, 5) is 36.9. The van der Waals surface area contributed by atoms with E-state index < -0.39 is 5.60 Å². The molecule has 8 nitrogen and oxygen atoms in total. The summed E-state index contributed by atoms with van der Waals surface area (Å²) in [6, 6.07) is 10.2. The molecule has 1 atom stereocenters. The Morgan fingerprint density at radius 3 is 2.45 bits per heavy atom. The number of β-amino-alcohol motifs (C(OH)–C–C–N with tert-alkyl or cyclic N) is 1. The van der Waals surface area contributed by atoms with Gasteiger partial charge in [-0.1, -0.05) is 24.3 Å². The van der Waals surface area contributed by atoms with Gasteiger partial charge in [-0.2, -0.15) is 0 Å². The molecule has 2 aromatic rings. The van der Waals surface area contributed by atoms with Crippen molar-refractivity contribution in [2.45, 2.75) is 30.8 Å². The van der Waals surface area contributed by atoms with Gasteiger partial charge in [-0.15, -0.1) is 0 Å². The Morgan fingerprint density at radius 2 is 1.81 bits per heavy atom. The van der Waals surface area contributed by atoms with Gasteiger partial charge >= 0.3 is 0 Å². The molecule has 0 spiro atoms. The average molecular weight is 424 g/mol. The quantitative estimate of drug-likeness (QED) is 0.746. The molecule has 2 fully saturated rings. The van der Waals surface area contributed by atoms with Gasteiger partial charge in [0.1, 0.15) is 0 Å². The fourth-order valence-electron chi connectivity index (χ4n) is 4.53. The van der Waals surface area contributed by atoms with Crippen molar-refractivity contribution in [2.24, 2.45) is 0 Å². The number of benzene rings is 1. The van der Waals surface area contributed by atoms with Crippen molar-refractivity contribution in [3.63, 3.8) is 0 Å². The van der Waals surface area contributed by atoms with E-state index in [1.807, 2.05) is 9.80 Å². The zero-order chi connectivity index (χ0) is 21.8. The smallest absolute Gasteiger partial charge is 0.253 e. The van der Waals surface area contributed by atoms with Crippen LogP contribution < -0.4 is 5.32 Å². The van der Waals surface area contributed by atoms with Crippen molar-refractivity contribution in [1.82, 2.24) is 25.1 Å². The van der Waals surface area contributed by atoms with E-state index in [4.69, 9.17) is 0 Å². The number of amides is 2. The van der Waals surface area contributed by atoms with E-state index in [1.165, 1.54) is 12.6 Å². The molecule has 0 saturated carbocycles. The maximum absolute atomic E-state index is 12.7. The highest BCUT2D eigenvalue weighted by atomic mass is 16.3. The van der Waals surface area contributed by atoms with E-state index in [9.17, 15) is 14.7 Å². The van der Waals surface area contributed by atoms with Crippen LogP contribution in [0.15, 0.2) is 42.7 Å². The Labute approximate surface area is 182 Å². The normalized spacial score (nSPS) is 22.5. The van der Waals surface area contributed by atoms with Crippen LogP contribution in [0.4, 0.5) is 0 Å². The summed E-state index contributed by atoms with van der Waals surface area (Å²) in [5.41, 5.74) is 0.889. The van der Waals surface area contributed by atoms with Crippen molar-refractivity contribution in [3.05, 3.63) is 48.3 Å². The number of hydrogen-bond donors (Lipinski definition) is 2. The molecule has 4 rings (SSSR count). The van der Waals surface area contributed by atoms with Crippen LogP contribution in [0.1, 0.15) is 30.7 Å². The van der Waals surface area contributed by atoms with Crippen molar-refractivity contribution >= 4 is 11.8 Å². The van der Waals surface area contributed by atoms with Gasteiger partial charge in [0.25, 0.3) is 5.91 Å². The molecule has 2 N–H and O–H groups in total. The van der Waals surface area contributed by atoms with E-state index in [2.05, 4.69) is 39.6 Å². The third-order valence-electron chi connectivity index (χ3n) is 6.39. The van der Waals surface area contributed by atoms with Crippen LogP contribution >= 0.6 is 0 Å². The summed E-state index contributed by atoms with van der Waals surface area (Å²) in [7, 11) is 1.52. The number of rotatable bonds is 5. The zero-order valence-corrected chi connectivity index (χ0v) is 17.8. The number of hydrogen-bond acceptors (Lipinski definition) is 6. The number of aromatic nitrogens is 2. The van der Waals surface area contributed by atoms with Crippen LogP contribution in [0.3, 0.4) is 0 Å². The van der Waals surface area contributed by atoms with Gasteiger partial charge in [0.05, 0.1) is 6.54 Å². The number of carbonyl (C=O) groups excluding carboxylic acids is 2. The van der Waals surface area contributed by atoms with Crippen LogP contribution in [0.2, 0.25) is 0 Å². The Balaban J connectivity index is 1.28. The predicted octanol–water partition coefficient (Wildman–Crippen LogP) is 1.03. The number of aliphatic hydroxyl groups is 1. The second-order valence-electron chi connectivity index (χ2n) is 8.42. The Morgan fingerprint density at radius 1 is 1.13 bits per heavy atom. The fourth-order valence-corrected chi connectivity index (χ4v) is 4.53. The molecule has 1 aromatic carbocycles. The minimum absolute atomic E-state index is 0.0659. The second kappa shape index (κ2) is 9.11. The lowest BCUT2D eigenvalue weighted by Gasteiger charge is -2.33. The molecule has 2 aliphatic heterocycles. The first kappa shape index (κ1) is 21.4. The third-order valence-corrected chi connectivity index (χ3v) is 6.39. The molecule has 0 radical (unpaired) electrons. The molecule has 2 aliphatic rings. The van der Waals surface area contributed by atoms with E-state index in [0.29, 0.717) is 18.9 Å². The van der Waals surface area contributed by atoms with Gasteiger partial charge in [-0.05, 0) is 36.8 Å². The van der Waals surface area contributed by atoms with Gasteiger partial charge in [-0.3, -0.25) is 14.5 Å². The number of likely N-dealkylation sites (tertiary alicyclic amines) is 2. The third kappa shape index (κ3) is 4.75. The van der Waals surface area contributed by atoms with E-state index >= 15 is 0 Å². The van der Waals surface area contributed by atoms with Crippen LogP contribution in [-0.2, 0) is 9.59 Å². The standard InChI is InChI=1S/C23H29N5O3/c1-24-22(30)23(31)9-14-27(16-23)15-20(29)28-12-7-18(8-13-28)17-3-5-19(6-4-17)21-25-10-2-11-26-21/h2-6,10-11,18,31H,7-9,12-16H2,1H3,(H,24,30). The molecule has 1 unspecified atom stereocenters. The van der Waals surface area contributed by atoms with Gasteiger partial charge in [0, 0.05) is 51.2 Å². The van der Waals surface area contributed by atoms with E-state index in [-0.39, 0.29) is 24.9 Å². The SMILES string of the molecule is CNC(=O)C1(O)CCN(CC(=O)N2CCC(c3ccc(-c4ncccn4)cc3)CC2)C1. The number of carbonyl (C=O) groups is 2. The molecule has 31 heavy (non-hydrogen) atoms. The second-order valence-corrected chi connectivity index (χ2v) is 8.42. The molecule has 2 amide bonds. The lowest BCUT2D eigenvalue weighted by molar-refractivity contribution is -0.139. The number of nitrogens with one attached hydrogen (secondary N) is 1. The molecule has 2 saturated heterocycles. The zero-order valence-electron chi connectivity index (χ0n) is 17.8. The molecule has 1 aromatic heterocycles. The first-order valence-corrected chi connectivity index (χ1v) is 10.8. The predicted molar refractivity (Wildman–Crippen MR) is 116 cm³/mol. The molecular formula is C23H29N5O3. The summed E-state index contributed by atoms with van der Waals surface area (Å²) in [6.45, 7) is 2.44.